The van der Waals surface area contributed by atoms with E-state index in [-0.39, 0.29) is 5.91 Å². The molecule has 88 valence electrons. The number of hydrogen-bond donors (Lipinski definition) is 3. The zero-order chi connectivity index (χ0) is 12.3. The van der Waals surface area contributed by atoms with Crippen LogP contribution in [0.4, 0.5) is 5.69 Å². The maximum absolute atomic E-state index is 11.8. The van der Waals surface area contributed by atoms with E-state index in [1.807, 2.05) is 30.3 Å². The summed E-state index contributed by atoms with van der Waals surface area (Å²) in [6.07, 6.45) is 0. The highest BCUT2D eigenvalue weighted by atomic mass is 16.1. The van der Waals surface area contributed by atoms with Gasteiger partial charge in [-0.3, -0.25) is 4.79 Å². The van der Waals surface area contributed by atoms with Crippen LogP contribution in [-0.4, -0.2) is 19.0 Å². The molecule has 0 aliphatic rings. The van der Waals surface area contributed by atoms with Gasteiger partial charge in [0, 0.05) is 18.8 Å². The molecule has 5 N–H and O–H groups in total. The lowest BCUT2D eigenvalue weighted by Gasteiger charge is -2.08. The van der Waals surface area contributed by atoms with Crippen LogP contribution in [0, 0.1) is 0 Å². The van der Waals surface area contributed by atoms with E-state index < -0.39 is 0 Å². The number of nitrogens with one attached hydrogen (secondary N) is 1. The van der Waals surface area contributed by atoms with Crippen molar-refractivity contribution in [1.29, 1.82) is 0 Å². The van der Waals surface area contributed by atoms with Crippen molar-refractivity contribution in [3.8, 4) is 0 Å². The van der Waals surface area contributed by atoms with E-state index in [4.69, 9.17) is 11.5 Å². The second kappa shape index (κ2) is 4.84. The highest BCUT2D eigenvalue weighted by molar-refractivity contribution is 6.03. The maximum Gasteiger partial charge on any atom is 0.253 e. The van der Waals surface area contributed by atoms with E-state index in [1.165, 1.54) is 0 Å². The summed E-state index contributed by atoms with van der Waals surface area (Å²) in [5.41, 5.74) is 12.2. The Kier molecular flexibility index (Phi) is 3.25. The molecule has 0 unspecified atom stereocenters. The summed E-state index contributed by atoms with van der Waals surface area (Å²) in [6.45, 7) is 0.865. The van der Waals surface area contributed by atoms with E-state index in [2.05, 4.69) is 5.32 Å². The Labute approximate surface area is 99.6 Å². The summed E-state index contributed by atoms with van der Waals surface area (Å²) in [4.78, 5) is 11.8. The number of carbonyl (C=O) groups excluding carboxylic acids is 1. The van der Waals surface area contributed by atoms with Crippen molar-refractivity contribution in [2.45, 2.75) is 0 Å². The van der Waals surface area contributed by atoms with Crippen LogP contribution in [0.5, 0.6) is 0 Å². The van der Waals surface area contributed by atoms with Crippen LogP contribution in [0.2, 0.25) is 0 Å². The van der Waals surface area contributed by atoms with Crippen LogP contribution in [0.1, 0.15) is 10.4 Å². The Balaban J connectivity index is 2.40. The summed E-state index contributed by atoms with van der Waals surface area (Å²) in [5, 5.41) is 4.74. The van der Waals surface area contributed by atoms with Crippen molar-refractivity contribution in [3.05, 3.63) is 42.0 Å². The lowest BCUT2D eigenvalue weighted by Crippen LogP contribution is -2.29. The Morgan fingerprint density at radius 3 is 2.47 bits per heavy atom. The molecular weight excluding hydrogens is 214 g/mol. The zero-order valence-corrected chi connectivity index (χ0v) is 9.44. The monoisotopic (exact) mass is 229 g/mol. The molecule has 4 heteroatoms. The molecule has 2 aromatic rings. The first-order valence-electron chi connectivity index (χ1n) is 5.49. The number of benzene rings is 2. The predicted molar refractivity (Wildman–Crippen MR) is 69.7 cm³/mol. The van der Waals surface area contributed by atoms with Gasteiger partial charge in [0.1, 0.15) is 0 Å². The van der Waals surface area contributed by atoms with E-state index in [0.717, 1.165) is 10.8 Å². The number of amides is 1. The fraction of sp³-hybridized carbons (Fsp3) is 0.154. The third-order valence-electron chi connectivity index (χ3n) is 2.59. The van der Waals surface area contributed by atoms with E-state index in [0.29, 0.717) is 24.3 Å². The quantitative estimate of drug-likeness (QED) is 0.690. The minimum atomic E-state index is -0.182. The molecule has 0 saturated carbocycles. The largest absolute Gasteiger partial charge is 0.398 e. The van der Waals surface area contributed by atoms with Crippen LogP contribution >= 0.6 is 0 Å². The molecule has 0 aromatic heterocycles. The lowest BCUT2D eigenvalue weighted by molar-refractivity contribution is 0.0956. The van der Waals surface area contributed by atoms with Crippen molar-refractivity contribution in [3.63, 3.8) is 0 Å². The molecule has 0 radical (unpaired) electrons. The molecule has 0 heterocycles. The first-order chi connectivity index (χ1) is 8.22. The highest BCUT2D eigenvalue weighted by Crippen LogP contribution is 2.21. The Bertz CT molecular complexity index is 551. The van der Waals surface area contributed by atoms with E-state index >= 15 is 0 Å². The van der Waals surface area contributed by atoms with Gasteiger partial charge in [0.2, 0.25) is 0 Å². The van der Waals surface area contributed by atoms with Gasteiger partial charge in [0.25, 0.3) is 5.91 Å². The zero-order valence-electron chi connectivity index (χ0n) is 9.44. The normalized spacial score (nSPS) is 10.4. The maximum atomic E-state index is 11.8. The van der Waals surface area contributed by atoms with Crippen LogP contribution in [-0.2, 0) is 0 Å². The number of fused-ring (bicyclic) bond motifs is 1. The molecule has 0 atom stereocenters. The minimum absolute atomic E-state index is 0.182. The second-order valence-electron chi connectivity index (χ2n) is 3.83. The molecule has 0 fully saturated rings. The van der Waals surface area contributed by atoms with Gasteiger partial charge in [-0.2, -0.15) is 0 Å². The molecular formula is C13H15N3O. The Hall–Kier alpha value is -2.07. The van der Waals surface area contributed by atoms with Crippen LogP contribution in [0.15, 0.2) is 36.4 Å². The van der Waals surface area contributed by atoms with Crippen molar-refractivity contribution >= 4 is 22.4 Å². The first kappa shape index (κ1) is 11.4. The summed E-state index contributed by atoms with van der Waals surface area (Å²) in [7, 11) is 0. The lowest BCUT2D eigenvalue weighted by atomic mass is 10.0. The second-order valence-corrected chi connectivity index (χ2v) is 3.83. The van der Waals surface area contributed by atoms with Crippen molar-refractivity contribution in [1.82, 2.24) is 5.32 Å². The molecule has 0 bridgehead atoms. The van der Waals surface area contributed by atoms with Gasteiger partial charge in [0.15, 0.2) is 0 Å². The summed E-state index contributed by atoms with van der Waals surface area (Å²) in [6, 6.07) is 11.4. The molecule has 0 aliphatic carbocycles. The number of carbonyl (C=O) groups is 1. The summed E-state index contributed by atoms with van der Waals surface area (Å²) >= 11 is 0. The number of nitrogens with two attached hydrogens (primary N) is 2. The van der Waals surface area contributed by atoms with Crippen LogP contribution < -0.4 is 16.8 Å². The molecule has 0 saturated heterocycles. The molecule has 0 spiro atoms. The van der Waals surface area contributed by atoms with Gasteiger partial charge >= 0.3 is 0 Å². The smallest absolute Gasteiger partial charge is 0.253 e. The molecule has 4 nitrogen and oxygen atoms in total. The van der Waals surface area contributed by atoms with Gasteiger partial charge in [0.05, 0.1) is 5.56 Å². The van der Waals surface area contributed by atoms with Crippen LogP contribution in [0.25, 0.3) is 10.8 Å². The highest BCUT2D eigenvalue weighted by Gasteiger charge is 2.09. The third kappa shape index (κ3) is 2.37. The summed E-state index contributed by atoms with van der Waals surface area (Å²) < 4.78 is 0. The molecule has 0 aliphatic heterocycles. The van der Waals surface area contributed by atoms with Crippen LogP contribution in [0.3, 0.4) is 0 Å². The molecule has 17 heavy (non-hydrogen) atoms. The fourth-order valence-electron chi connectivity index (χ4n) is 1.74. The minimum Gasteiger partial charge on any atom is -0.398 e. The van der Waals surface area contributed by atoms with Gasteiger partial charge in [-0.25, -0.2) is 0 Å². The van der Waals surface area contributed by atoms with Gasteiger partial charge in [-0.15, -0.1) is 0 Å². The SMILES string of the molecule is NCCNC(=O)c1cc2ccccc2cc1N. The first-order valence-corrected chi connectivity index (χ1v) is 5.49. The molecule has 2 rings (SSSR count). The fourth-order valence-corrected chi connectivity index (χ4v) is 1.74. The summed E-state index contributed by atoms with van der Waals surface area (Å²) in [5.74, 6) is -0.182. The van der Waals surface area contributed by atoms with Gasteiger partial charge < -0.3 is 16.8 Å². The van der Waals surface area contributed by atoms with E-state index in [1.54, 1.807) is 6.07 Å². The van der Waals surface area contributed by atoms with E-state index in [9.17, 15) is 4.79 Å². The van der Waals surface area contributed by atoms with Gasteiger partial charge in [-0.1, -0.05) is 24.3 Å². The molecule has 2 aromatic carbocycles. The van der Waals surface area contributed by atoms with Gasteiger partial charge in [-0.05, 0) is 22.9 Å². The van der Waals surface area contributed by atoms with Crippen molar-refractivity contribution < 1.29 is 4.79 Å². The predicted octanol–water partition coefficient (Wildman–Crippen LogP) is 1.11. The Morgan fingerprint density at radius 2 is 1.82 bits per heavy atom. The third-order valence-corrected chi connectivity index (χ3v) is 2.59. The topological polar surface area (TPSA) is 81.1 Å². The average Bonchev–Trinajstić information content (AvgIpc) is 2.35. The number of hydrogen-bond acceptors (Lipinski definition) is 3. The number of rotatable bonds is 3. The number of nitrogen functional groups attached to an aromatic ring is 1. The number of anilines is 1. The van der Waals surface area contributed by atoms with Crippen molar-refractivity contribution in [2.24, 2.45) is 5.73 Å². The average molecular weight is 229 g/mol. The molecule has 1 amide bonds. The standard InChI is InChI=1S/C13H15N3O/c14-5-6-16-13(17)11-7-9-3-1-2-4-10(9)8-12(11)15/h1-4,7-8H,5-6,14-15H2,(H,16,17). The Morgan fingerprint density at radius 1 is 1.18 bits per heavy atom. The van der Waals surface area contributed by atoms with Crippen molar-refractivity contribution in [2.75, 3.05) is 18.8 Å².